The Hall–Kier alpha value is -1.18. The second kappa shape index (κ2) is 4.89. The lowest BCUT2D eigenvalue weighted by Gasteiger charge is -2.21. The fourth-order valence-electron chi connectivity index (χ4n) is 1.80. The Kier molecular flexibility index (Phi) is 3.81. The molecule has 1 fully saturated rings. The van der Waals surface area contributed by atoms with Crippen LogP contribution in [0.4, 0.5) is 0 Å². The first-order valence-corrected chi connectivity index (χ1v) is 5.05. The minimum absolute atomic E-state index is 0.580. The molecule has 1 saturated heterocycles. The van der Waals surface area contributed by atoms with E-state index in [-0.39, 0.29) is 0 Å². The van der Waals surface area contributed by atoms with Crippen LogP contribution in [-0.2, 0) is 0 Å². The molecule has 0 aliphatic carbocycles. The molecule has 1 rings (SSSR count). The molecule has 0 aromatic carbocycles. The molecule has 76 valence electrons. The van der Waals surface area contributed by atoms with Crippen molar-refractivity contribution in [3.63, 3.8) is 0 Å². The van der Waals surface area contributed by atoms with Gasteiger partial charge >= 0.3 is 0 Å². The highest BCUT2D eigenvalue weighted by Gasteiger charge is 2.22. The molecule has 0 radical (unpaired) electrons. The largest absolute Gasteiger partial charge is 0.262 e. The van der Waals surface area contributed by atoms with Gasteiger partial charge in [-0.3, -0.25) is 4.99 Å². The van der Waals surface area contributed by atoms with Gasteiger partial charge in [-0.1, -0.05) is 13.2 Å². The minimum atomic E-state index is 0.580. The second-order valence-electron chi connectivity index (χ2n) is 3.81. The van der Waals surface area contributed by atoms with E-state index in [1.807, 2.05) is 6.92 Å². The molecule has 0 aromatic heterocycles. The Morgan fingerprint density at radius 3 is 2.50 bits per heavy atom. The Balaban J connectivity index is 2.57. The summed E-state index contributed by atoms with van der Waals surface area (Å²) in [7, 11) is 0. The van der Waals surface area contributed by atoms with E-state index < -0.39 is 0 Å². The van der Waals surface area contributed by atoms with Crippen molar-refractivity contribution in [1.82, 2.24) is 0 Å². The lowest BCUT2D eigenvalue weighted by Crippen LogP contribution is -2.27. The number of nitrogens with zero attached hydrogens (tertiary/aromatic N) is 2. The topological polar surface area (TPSA) is 15.4 Å². The van der Waals surface area contributed by atoms with Gasteiger partial charge < -0.3 is 0 Å². The molecular formula is C12H19N2+. The van der Waals surface area contributed by atoms with Gasteiger partial charge in [0.15, 0.2) is 0 Å². The van der Waals surface area contributed by atoms with Gasteiger partial charge in [0, 0.05) is 24.8 Å². The first kappa shape index (κ1) is 10.9. The Morgan fingerprint density at radius 2 is 2.00 bits per heavy atom. The monoisotopic (exact) mass is 191 g/mol. The van der Waals surface area contributed by atoms with Crippen molar-refractivity contribution in [2.45, 2.75) is 19.8 Å². The zero-order chi connectivity index (χ0) is 10.6. The molecule has 0 aromatic rings. The fourth-order valence-corrected chi connectivity index (χ4v) is 1.80. The first-order chi connectivity index (χ1) is 6.65. The van der Waals surface area contributed by atoms with Crippen LogP contribution in [0.5, 0.6) is 0 Å². The zero-order valence-electron chi connectivity index (χ0n) is 9.00. The van der Waals surface area contributed by atoms with E-state index >= 15 is 0 Å². The summed E-state index contributed by atoms with van der Waals surface area (Å²) in [6.07, 6.45) is 3.87. The summed E-state index contributed by atoms with van der Waals surface area (Å²) >= 11 is 0. The molecule has 1 aliphatic heterocycles. The number of allylic oxidation sites excluding steroid dienone is 1. The van der Waals surface area contributed by atoms with E-state index in [0.717, 1.165) is 37.2 Å². The number of piperidine rings is 1. The van der Waals surface area contributed by atoms with Crippen molar-refractivity contribution in [3.8, 4) is 0 Å². The van der Waals surface area contributed by atoms with Crippen LogP contribution in [0, 0.1) is 5.92 Å². The number of rotatable bonds is 3. The Labute approximate surface area is 86.4 Å². The number of hydrogen-bond donors (Lipinski definition) is 0. The lowest BCUT2D eigenvalue weighted by molar-refractivity contribution is -0.531. The Bertz CT molecular complexity index is 277. The lowest BCUT2D eigenvalue weighted by atomic mass is 9.88. The summed E-state index contributed by atoms with van der Waals surface area (Å²) in [6.45, 7) is 15.7. The molecule has 2 heteroatoms. The number of hydrogen-bond acceptors (Lipinski definition) is 1. The van der Waals surface area contributed by atoms with Crippen LogP contribution in [0.2, 0.25) is 0 Å². The van der Waals surface area contributed by atoms with Gasteiger partial charge in [0.1, 0.15) is 19.8 Å². The van der Waals surface area contributed by atoms with E-state index in [1.165, 1.54) is 0 Å². The third-order valence-electron chi connectivity index (χ3n) is 2.83. The van der Waals surface area contributed by atoms with Gasteiger partial charge in [-0.05, 0) is 18.4 Å². The zero-order valence-corrected chi connectivity index (χ0v) is 9.00. The molecule has 0 amide bonds. The van der Waals surface area contributed by atoms with E-state index in [1.54, 1.807) is 6.20 Å². The van der Waals surface area contributed by atoms with E-state index in [0.29, 0.717) is 5.92 Å². The summed E-state index contributed by atoms with van der Waals surface area (Å²) in [6, 6.07) is 0. The maximum atomic E-state index is 4.17. The van der Waals surface area contributed by atoms with Crippen molar-refractivity contribution in [3.05, 3.63) is 24.9 Å². The van der Waals surface area contributed by atoms with Crippen LogP contribution >= 0.6 is 0 Å². The highest BCUT2D eigenvalue weighted by Crippen LogP contribution is 2.22. The maximum absolute atomic E-state index is 4.17. The molecule has 14 heavy (non-hydrogen) atoms. The molecule has 0 saturated carbocycles. The van der Waals surface area contributed by atoms with Crippen LogP contribution in [0.1, 0.15) is 19.8 Å². The number of aliphatic imine (C=N–C) groups is 1. The standard InChI is InChI=1S/C12H19N2/c1-5-13-11(3)10(2)12-6-8-14(4)9-7-12/h5,12H,1-2,4,6-9H2,3H3/q+1. The van der Waals surface area contributed by atoms with Crippen molar-refractivity contribution >= 4 is 12.4 Å². The minimum Gasteiger partial charge on any atom is -0.262 e. The average Bonchev–Trinajstić information content (AvgIpc) is 2.18. The molecule has 2 nitrogen and oxygen atoms in total. The van der Waals surface area contributed by atoms with Crippen LogP contribution in [0.15, 0.2) is 29.9 Å². The van der Waals surface area contributed by atoms with E-state index in [9.17, 15) is 0 Å². The van der Waals surface area contributed by atoms with Gasteiger partial charge in [0.2, 0.25) is 0 Å². The molecule has 1 aliphatic rings. The van der Waals surface area contributed by atoms with Crippen LogP contribution < -0.4 is 0 Å². The molecule has 0 N–H and O–H groups in total. The maximum Gasteiger partial charge on any atom is 0.142 e. The van der Waals surface area contributed by atoms with Crippen molar-refractivity contribution in [2.75, 3.05) is 13.1 Å². The normalized spacial score (nSPS) is 19.5. The smallest absolute Gasteiger partial charge is 0.142 e. The van der Waals surface area contributed by atoms with Gasteiger partial charge in [-0.2, -0.15) is 0 Å². The summed E-state index contributed by atoms with van der Waals surface area (Å²) < 4.78 is 2.11. The van der Waals surface area contributed by atoms with Gasteiger partial charge in [0.05, 0.1) is 0 Å². The fraction of sp³-hybridized carbons (Fsp3) is 0.500. The molecule has 0 spiro atoms. The second-order valence-corrected chi connectivity index (χ2v) is 3.81. The van der Waals surface area contributed by atoms with Gasteiger partial charge in [-0.25, -0.2) is 4.58 Å². The van der Waals surface area contributed by atoms with Gasteiger partial charge in [0.25, 0.3) is 0 Å². The predicted molar refractivity (Wildman–Crippen MR) is 62.3 cm³/mol. The van der Waals surface area contributed by atoms with Crippen molar-refractivity contribution in [2.24, 2.45) is 10.9 Å². The molecule has 0 atom stereocenters. The predicted octanol–water partition coefficient (Wildman–Crippen LogP) is 2.27. The average molecular weight is 191 g/mol. The molecule has 0 unspecified atom stereocenters. The molecule has 1 heterocycles. The van der Waals surface area contributed by atoms with Crippen molar-refractivity contribution in [1.29, 1.82) is 0 Å². The highest BCUT2D eigenvalue weighted by atomic mass is 15.0. The third-order valence-corrected chi connectivity index (χ3v) is 2.83. The van der Waals surface area contributed by atoms with Crippen LogP contribution in [0.3, 0.4) is 0 Å². The Morgan fingerprint density at radius 1 is 1.43 bits per heavy atom. The van der Waals surface area contributed by atoms with Crippen molar-refractivity contribution < 1.29 is 4.58 Å². The summed E-state index contributed by atoms with van der Waals surface area (Å²) in [4.78, 5) is 4.17. The van der Waals surface area contributed by atoms with E-state index in [4.69, 9.17) is 0 Å². The summed E-state index contributed by atoms with van der Waals surface area (Å²) in [5.41, 5.74) is 2.18. The van der Waals surface area contributed by atoms with E-state index in [2.05, 4.69) is 29.4 Å². The van der Waals surface area contributed by atoms with Gasteiger partial charge in [-0.15, -0.1) is 0 Å². The van der Waals surface area contributed by atoms with Crippen LogP contribution in [0.25, 0.3) is 0 Å². The SMILES string of the molecule is C=CN=C(C)C(=C)C1CC[N+](=C)CC1. The van der Waals surface area contributed by atoms with Crippen LogP contribution in [-0.4, -0.2) is 30.1 Å². The summed E-state index contributed by atoms with van der Waals surface area (Å²) in [5, 5.41) is 0. The quantitative estimate of drug-likeness (QED) is 0.480. The summed E-state index contributed by atoms with van der Waals surface area (Å²) in [5.74, 6) is 0.580. The highest BCUT2D eigenvalue weighted by molar-refractivity contribution is 5.98. The first-order valence-electron chi connectivity index (χ1n) is 5.05. The third kappa shape index (κ3) is 2.66. The molecular weight excluding hydrogens is 172 g/mol. The molecule has 0 bridgehead atoms.